The third-order valence-electron chi connectivity index (χ3n) is 1.84. The first-order valence-electron chi connectivity index (χ1n) is 4.17. The van der Waals surface area contributed by atoms with Crippen molar-refractivity contribution >= 4 is 16.5 Å². The molecule has 0 aliphatic carbocycles. The van der Waals surface area contributed by atoms with E-state index in [-0.39, 0.29) is 0 Å². The van der Waals surface area contributed by atoms with Crippen LogP contribution in [0.4, 0.5) is 0 Å². The van der Waals surface area contributed by atoms with Crippen molar-refractivity contribution in [1.82, 2.24) is 0 Å². The molecule has 0 rings (SSSR count). The van der Waals surface area contributed by atoms with Gasteiger partial charge in [0.2, 0.25) is 0 Å². The predicted molar refractivity (Wildman–Crippen MR) is 56.3 cm³/mol. The second-order valence-electron chi connectivity index (χ2n) is 2.40. The first-order chi connectivity index (χ1) is 7.15. The van der Waals surface area contributed by atoms with Gasteiger partial charge in [-0.25, -0.2) is 0 Å². The van der Waals surface area contributed by atoms with Gasteiger partial charge in [0, 0.05) is 21.3 Å². The van der Waals surface area contributed by atoms with E-state index < -0.39 is 22.1 Å². The molecule has 0 aromatic rings. The Hall–Kier alpha value is -0.286. The summed E-state index contributed by atoms with van der Waals surface area (Å²) in [6, 6.07) is 0. The van der Waals surface area contributed by atoms with E-state index in [1.807, 2.05) is 0 Å². The number of hydrogen-bond donors (Lipinski definition) is 0. The third-order valence-corrected chi connectivity index (χ3v) is 8.40. The van der Waals surface area contributed by atoms with Crippen molar-refractivity contribution in [2.75, 3.05) is 42.7 Å². The van der Waals surface area contributed by atoms with E-state index in [1.54, 1.807) is 21.3 Å². The van der Waals surface area contributed by atoms with Gasteiger partial charge in [0.25, 0.3) is 0 Å². The van der Waals surface area contributed by atoms with Gasteiger partial charge >= 0.3 is 22.1 Å². The molecule has 90 valence electrons. The topological polar surface area (TPSA) is 55.4 Å². The molecule has 0 atom stereocenters. The van der Waals surface area contributed by atoms with Gasteiger partial charge < -0.3 is 27.5 Å². The average molecular weight is 254 g/mol. The molecule has 0 unspecified atom stereocenters. The molecule has 0 fully saturated rings. The zero-order valence-electron chi connectivity index (χ0n) is 9.95. The Labute approximate surface area is 92.9 Å². The molecule has 0 N–H and O–H groups in total. The minimum atomic E-state index is -1.68. The Kier molecular flexibility index (Phi) is 6.93. The van der Waals surface area contributed by atoms with E-state index >= 15 is 0 Å². The van der Waals surface area contributed by atoms with Crippen LogP contribution in [0, 0.1) is 0 Å². The van der Waals surface area contributed by atoms with Crippen LogP contribution in [0.25, 0.3) is 0 Å². The molecule has 6 nitrogen and oxygen atoms in total. The van der Waals surface area contributed by atoms with Gasteiger partial charge in [0.05, 0.1) is 21.3 Å². The van der Waals surface area contributed by atoms with Gasteiger partial charge in [-0.2, -0.15) is 0 Å². The maximum atomic E-state index is 5.35. The van der Waals surface area contributed by atoms with Crippen molar-refractivity contribution in [2.24, 2.45) is 0 Å². The maximum Gasteiger partial charge on any atom is 0.493 e. The van der Waals surface area contributed by atoms with Gasteiger partial charge in [-0.05, 0) is 0 Å². The van der Waals surface area contributed by atoms with Crippen LogP contribution in [0.3, 0.4) is 0 Å². The minimum Gasteiger partial charge on any atom is -0.547 e. The molecule has 0 radical (unpaired) electrons. The molecule has 0 aliphatic rings. The Bertz CT molecular complexity index is 201. The van der Waals surface area contributed by atoms with Gasteiger partial charge in [-0.1, -0.05) is 0 Å². The molecule has 0 bridgehead atoms. The summed E-state index contributed by atoms with van der Waals surface area (Å²) in [5.41, 5.74) is -1.21. The van der Waals surface area contributed by atoms with Gasteiger partial charge in [-0.3, -0.25) is 0 Å². The smallest absolute Gasteiger partial charge is 0.493 e. The van der Waals surface area contributed by atoms with Crippen LogP contribution in [0.2, 0.25) is 0 Å². The molecule has 0 aromatic carbocycles. The Morgan fingerprint density at radius 2 is 1.07 bits per heavy atom. The fraction of sp³-hybridized carbons (Fsp3) is 1.00. The van der Waals surface area contributed by atoms with Gasteiger partial charge in [-0.15, -0.1) is 0 Å². The molecule has 15 heavy (non-hydrogen) atoms. The van der Waals surface area contributed by atoms with E-state index in [2.05, 4.69) is 0 Å². The molecular formula is C7H18O6Si2. The summed E-state index contributed by atoms with van der Waals surface area (Å²) < 4.78 is 31.4. The molecule has 0 aliphatic heterocycles. The molecule has 8 heteroatoms. The summed E-state index contributed by atoms with van der Waals surface area (Å²) >= 11 is 0. The number of ether oxygens (including phenoxy) is 3. The normalized spacial score (nSPS) is 10.8. The second kappa shape index (κ2) is 7.06. The highest BCUT2D eigenvalue weighted by Crippen LogP contribution is 2.13. The summed E-state index contributed by atoms with van der Waals surface area (Å²) in [7, 11) is 5.86. The van der Waals surface area contributed by atoms with Crippen LogP contribution in [-0.2, 0) is 27.5 Å². The van der Waals surface area contributed by atoms with Crippen LogP contribution >= 0.6 is 0 Å². The summed E-state index contributed by atoms with van der Waals surface area (Å²) in [5, 5.41) is 0. The quantitative estimate of drug-likeness (QED) is 0.456. The van der Waals surface area contributed by atoms with Crippen molar-refractivity contribution in [3.05, 3.63) is 0 Å². The van der Waals surface area contributed by atoms with Crippen molar-refractivity contribution in [1.29, 1.82) is 0 Å². The summed E-state index contributed by atoms with van der Waals surface area (Å²) in [4.78, 5) is 0. The van der Waals surface area contributed by atoms with Crippen LogP contribution in [0.5, 0.6) is 0 Å². The first-order valence-corrected chi connectivity index (χ1v) is 7.90. The molecule has 0 saturated carbocycles. The van der Waals surface area contributed by atoms with Crippen LogP contribution in [-0.4, -0.2) is 64.8 Å². The standard InChI is InChI=1S/C7H18O6Si2/c1-8-7(9-2,10-3)14(11-4)15(12-5)13-6/h1-6H3. The highest BCUT2D eigenvalue weighted by atomic mass is 28.9. The van der Waals surface area contributed by atoms with E-state index in [0.717, 1.165) is 0 Å². The fourth-order valence-corrected chi connectivity index (χ4v) is 6.17. The summed E-state index contributed by atoms with van der Waals surface area (Å²) in [5.74, 6) is 0. The van der Waals surface area contributed by atoms with E-state index in [9.17, 15) is 0 Å². The van der Waals surface area contributed by atoms with Crippen LogP contribution in [0.15, 0.2) is 0 Å². The van der Waals surface area contributed by atoms with Crippen molar-refractivity contribution in [2.45, 2.75) is 5.60 Å². The molecule has 0 aromatic heterocycles. The van der Waals surface area contributed by atoms with Crippen LogP contribution in [0.1, 0.15) is 0 Å². The van der Waals surface area contributed by atoms with E-state index in [0.29, 0.717) is 0 Å². The lowest BCUT2D eigenvalue weighted by Crippen LogP contribution is -2.52. The van der Waals surface area contributed by atoms with Crippen LogP contribution < -0.4 is 0 Å². The highest BCUT2D eigenvalue weighted by molar-refractivity contribution is 6.87. The Balaban J connectivity index is 5.30. The lowest BCUT2D eigenvalue weighted by Gasteiger charge is -2.29. The molecule has 0 amide bonds. The first kappa shape index (κ1) is 14.7. The predicted octanol–water partition coefficient (Wildman–Crippen LogP) is -0.384. The Morgan fingerprint density at radius 1 is 0.667 bits per heavy atom. The van der Waals surface area contributed by atoms with Crippen molar-refractivity contribution < 1.29 is 27.5 Å². The fourth-order valence-electron chi connectivity index (χ4n) is 1.13. The van der Waals surface area contributed by atoms with Gasteiger partial charge in [0.15, 0.2) is 0 Å². The molecule has 0 spiro atoms. The summed E-state index contributed by atoms with van der Waals surface area (Å²) in [6.07, 6.45) is 0. The number of hydrogen-bond acceptors (Lipinski definition) is 6. The molecular weight excluding hydrogens is 236 g/mol. The van der Waals surface area contributed by atoms with Crippen molar-refractivity contribution in [3.63, 3.8) is 0 Å². The maximum absolute atomic E-state index is 5.35. The zero-order valence-corrected chi connectivity index (χ0v) is 11.9. The monoisotopic (exact) mass is 254 g/mol. The van der Waals surface area contributed by atoms with Gasteiger partial charge in [0.1, 0.15) is 0 Å². The summed E-state index contributed by atoms with van der Waals surface area (Å²) in [6.45, 7) is 0. The highest BCUT2D eigenvalue weighted by Gasteiger charge is 2.44. The largest absolute Gasteiger partial charge is 0.547 e. The Morgan fingerprint density at radius 3 is 1.27 bits per heavy atom. The van der Waals surface area contributed by atoms with Crippen molar-refractivity contribution in [3.8, 4) is 0 Å². The minimum absolute atomic E-state index is 1.21. The number of rotatable bonds is 7. The lowest BCUT2D eigenvalue weighted by atomic mass is 11.1. The third kappa shape index (κ3) is 3.08. The second-order valence-corrected chi connectivity index (χ2v) is 8.05. The average Bonchev–Trinajstić information content (AvgIpc) is 2.30. The number of methoxy groups -OCH3 is 3. The van der Waals surface area contributed by atoms with E-state index in [1.165, 1.54) is 21.3 Å². The zero-order chi connectivity index (χ0) is 11.9. The molecule has 0 saturated heterocycles. The van der Waals surface area contributed by atoms with E-state index in [4.69, 9.17) is 27.5 Å². The molecule has 0 heterocycles. The lowest BCUT2D eigenvalue weighted by molar-refractivity contribution is -0.300. The SMILES string of the molecule is CO[Si](OC)=[Si](OC)C(OC)(OC)OC.